The van der Waals surface area contributed by atoms with Crippen LogP contribution in [0.2, 0.25) is 0 Å². The average molecular weight is 685 g/mol. The van der Waals surface area contributed by atoms with Gasteiger partial charge in [-0.15, -0.1) is 0 Å². The van der Waals surface area contributed by atoms with Crippen LogP contribution in [0.3, 0.4) is 0 Å². The van der Waals surface area contributed by atoms with Crippen molar-refractivity contribution in [3.05, 3.63) is 28.8 Å². The minimum absolute atomic E-state index is 0.000760. The number of benzene rings is 1. The highest BCUT2D eigenvalue weighted by atomic mass is 16.6. The highest BCUT2D eigenvalue weighted by Crippen LogP contribution is 2.55. The van der Waals surface area contributed by atoms with Gasteiger partial charge in [0, 0.05) is 40.9 Å². The Morgan fingerprint density at radius 1 is 0.796 bits per heavy atom. The van der Waals surface area contributed by atoms with Crippen molar-refractivity contribution >= 4 is 11.9 Å². The second kappa shape index (κ2) is 13.1. The van der Waals surface area contributed by atoms with Crippen LogP contribution in [0.25, 0.3) is 0 Å². The van der Waals surface area contributed by atoms with Crippen molar-refractivity contribution in [3.8, 4) is 5.75 Å². The Balaban J connectivity index is 2.28. The van der Waals surface area contributed by atoms with Gasteiger partial charge in [-0.3, -0.25) is 19.4 Å². The fourth-order valence-electron chi connectivity index (χ4n) is 9.35. The molecule has 3 rings (SSSR count). The number of likely N-dealkylation sites (tertiary alicyclic amines) is 2. The zero-order valence-electron chi connectivity index (χ0n) is 34.4. The van der Waals surface area contributed by atoms with Crippen molar-refractivity contribution in [1.29, 1.82) is 0 Å². The van der Waals surface area contributed by atoms with E-state index in [1.54, 1.807) is 0 Å². The van der Waals surface area contributed by atoms with E-state index in [0.717, 1.165) is 36.0 Å². The summed E-state index contributed by atoms with van der Waals surface area (Å²) >= 11 is 0. The smallest absolute Gasteiger partial charge is 0.324 e. The first-order valence-corrected chi connectivity index (χ1v) is 18.7. The molecule has 1 aromatic rings. The first-order valence-electron chi connectivity index (χ1n) is 18.7. The quantitative estimate of drug-likeness (QED) is 0.198. The Morgan fingerprint density at radius 2 is 1.20 bits per heavy atom. The summed E-state index contributed by atoms with van der Waals surface area (Å²) in [7, 11) is 4.34. The zero-order valence-corrected chi connectivity index (χ0v) is 34.4. The van der Waals surface area contributed by atoms with E-state index in [9.17, 15) is 15.0 Å². The van der Waals surface area contributed by atoms with Gasteiger partial charge in [-0.05, 0) is 123 Å². The van der Waals surface area contributed by atoms with Gasteiger partial charge in [0.2, 0.25) is 0 Å². The standard InChI is InChI=1S/C42H72N2O5/c1-18-19-20-41(33(46)47,23-28-21-30(35(2,3)4)32(45)31(22-28)36(5,6)7)34(48)49-42(26-39(12,13)44(17)40(14,15)27-42)29-24-37(8,9)43(16)38(10,11)25-29/h21-22,29,45H,18-20,23-27H2,1-17H3,(H,46,47). The van der Waals surface area contributed by atoms with Crippen LogP contribution in [-0.4, -0.2) is 73.8 Å². The van der Waals surface area contributed by atoms with Gasteiger partial charge in [0.25, 0.3) is 0 Å². The van der Waals surface area contributed by atoms with Crippen LogP contribution in [0.1, 0.15) is 165 Å². The molecule has 1 atom stereocenters. The summed E-state index contributed by atoms with van der Waals surface area (Å²) in [5.41, 5.74) is -2.05. The third-order valence-corrected chi connectivity index (χ3v) is 12.7. The largest absolute Gasteiger partial charge is 0.507 e. The van der Waals surface area contributed by atoms with Crippen LogP contribution >= 0.6 is 0 Å². The number of phenols is 1. The molecule has 2 fully saturated rings. The second-order valence-electron chi connectivity index (χ2n) is 20.5. The molecule has 7 heteroatoms. The molecule has 0 spiro atoms. The topological polar surface area (TPSA) is 90.3 Å². The maximum Gasteiger partial charge on any atom is 0.324 e. The summed E-state index contributed by atoms with van der Waals surface area (Å²) in [6, 6.07) is 3.84. The van der Waals surface area contributed by atoms with Crippen LogP contribution in [0.15, 0.2) is 12.1 Å². The molecular weight excluding hydrogens is 612 g/mol. The van der Waals surface area contributed by atoms with Crippen molar-refractivity contribution in [2.45, 2.75) is 194 Å². The van der Waals surface area contributed by atoms with E-state index in [1.807, 2.05) is 60.6 Å². The molecule has 0 amide bonds. The summed E-state index contributed by atoms with van der Waals surface area (Å²) in [5.74, 6) is -1.49. The predicted molar refractivity (Wildman–Crippen MR) is 201 cm³/mol. The van der Waals surface area contributed by atoms with E-state index >= 15 is 4.79 Å². The van der Waals surface area contributed by atoms with Crippen LogP contribution in [0.4, 0.5) is 0 Å². The van der Waals surface area contributed by atoms with Gasteiger partial charge in [0.05, 0.1) is 0 Å². The maximum absolute atomic E-state index is 15.2. The Bertz CT molecular complexity index is 1320. The van der Waals surface area contributed by atoms with E-state index in [2.05, 4.69) is 79.3 Å². The summed E-state index contributed by atoms with van der Waals surface area (Å²) in [5, 5.41) is 22.6. The van der Waals surface area contributed by atoms with Crippen molar-refractivity contribution in [2.24, 2.45) is 11.3 Å². The molecule has 0 saturated carbocycles. The van der Waals surface area contributed by atoms with Crippen LogP contribution in [0, 0.1) is 11.3 Å². The highest BCUT2D eigenvalue weighted by Gasteiger charge is 2.61. The van der Waals surface area contributed by atoms with E-state index in [0.29, 0.717) is 19.3 Å². The Kier molecular flexibility index (Phi) is 11.1. The van der Waals surface area contributed by atoms with Crippen LogP contribution in [-0.2, 0) is 31.6 Å². The van der Waals surface area contributed by atoms with Gasteiger partial charge < -0.3 is 14.9 Å². The van der Waals surface area contributed by atoms with Crippen LogP contribution < -0.4 is 0 Å². The van der Waals surface area contributed by atoms with E-state index in [1.165, 1.54) is 0 Å². The molecule has 2 saturated heterocycles. The lowest BCUT2D eigenvalue weighted by Crippen LogP contribution is -2.70. The number of carbonyl (C=O) groups excluding carboxylic acids is 1. The van der Waals surface area contributed by atoms with Gasteiger partial charge in [-0.2, -0.15) is 0 Å². The summed E-state index contributed by atoms with van der Waals surface area (Å²) in [4.78, 5) is 33.7. The number of piperidine rings is 2. The minimum Gasteiger partial charge on any atom is -0.507 e. The minimum atomic E-state index is -1.78. The molecule has 0 aliphatic carbocycles. The fraction of sp³-hybridized carbons (Fsp3) is 0.810. The van der Waals surface area contributed by atoms with Crippen LogP contribution in [0.5, 0.6) is 5.75 Å². The lowest BCUT2D eigenvalue weighted by atomic mass is 9.59. The summed E-state index contributed by atoms with van der Waals surface area (Å²) in [6.07, 6.45) is 4.45. The van der Waals surface area contributed by atoms with E-state index < -0.39 is 23.0 Å². The molecule has 2 aliphatic rings. The molecule has 7 nitrogen and oxygen atoms in total. The van der Waals surface area contributed by atoms with Crippen molar-refractivity contribution < 1.29 is 24.5 Å². The predicted octanol–water partition coefficient (Wildman–Crippen LogP) is 9.25. The number of carboxylic acid groups (broad SMARTS) is 1. The number of unbranched alkanes of at least 4 members (excludes halogenated alkanes) is 1. The number of nitrogens with zero attached hydrogens (tertiary/aromatic N) is 2. The number of esters is 1. The monoisotopic (exact) mass is 685 g/mol. The SMILES string of the molecule is CCCCC(Cc1cc(C(C)(C)C)c(O)c(C(C)(C)C)c1)(C(=O)O)C(=O)OC1(C2CC(C)(C)N(C)C(C)(C)C2)CC(C)(C)N(C)C(C)(C)C1. The molecule has 2 N–H and O–H groups in total. The Hall–Kier alpha value is -2.12. The van der Waals surface area contributed by atoms with Gasteiger partial charge in [-0.1, -0.05) is 73.4 Å². The number of hydrogen-bond donors (Lipinski definition) is 2. The first kappa shape index (κ1) is 41.3. The second-order valence-corrected chi connectivity index (χ2v) is 20.5. The molecule has 0 aromatic heterocycles. The lowest BCUT2D eigenvalue weighted by Gasteiger charge is -2.63. The normalized spacial score (nSPS) is 23.9. The van der Waals surface area contributed by atoms with Gasteiger partial charge in [0.1, 0.15) is 11.4 Å². The number of aliphatic carboxylic acids is 1. The number of carboxylic acids is 1. The highest BCUT2D eigenvalue weighted by molar-refractivity contribution is 5.99. The number of hydrogen-bond acceptors (Lipinski definition) is 6. The van der Waals surface area contributed by atoms with Crippen molar-refractivity contribution in [1.82, 2.24) is 9.80 Å². The molecule has 1 unspecified atom stereocenters. The molecule has 2 heterocycles. The maximum atomic E-state index is 15.2. The van der Waals surface area contributed by atoms with Gasteiger partial charge >= 0.3 is 11.9 Å². The van der Waals surface area contributed by atoms with Crippen molar-refractivity contribution in [2.75, 3.05) is 14.1 Å². The molecular formula is C42H72N2O5. The van der Waals surface area contributed by atoms with Gasteiger partial charge in [-0.25, -0.2) is 0 Å². The molecule has 0 bridgehead atoms. The number of rotatable bonds is 9. The summed E-state index contributed by atoms with van der Waals surface area (Å²) in [6.45, 7) is 32.3. The Labute approximate surface area is 299 Å². The molecule has 2 aliphatic heterocycles. The number of phenolic OH excluding ortho intramolecular Hbond substituents is 1. The molecule has 1 aromatic carbocycles. The average Bonchev–Trinajstić information content (AvgIpc) is 2.91. The van der Waals surface area contributed by atoms with E-state index in [4.69, 9.17) is 4.74 Å². The molecule has 49 heavy (non-hydrogen) atoms. The summed E-state index contributed by atoms with van der Waals surface area (Å²) < 4.78 is 7.06. The zero-order chi connectivity index (χ0) is 38.0. The third-order valence-electron chi connectivity index (χ3n) is 12.7. The third kappa shape index (κ3) is 8.03. The fourth-order valence-corrected chi connectivity index (χ4v) is 9.35. The number of carbonyl (C=O) groups is 2. The lowest BCUT2D eigenvalue weighted by molar-refractivity contribution is -0.219. The molecule has 280 valence electrons. The number of aromatic hydroxyl groups is 1. The Morgan fingerprint density at radius 3 is 1.57 bits per heavy atom. The number of ether oxygens (including phenoxy) is 1. The van der Waals surface area contributed by atoms with Crippen molar-refractivity contribution in [3.63, 3.8) is 0 Å². The van der Waals surface area contributed by atoms with Gasteiger partial charge in [0.15, 0.2) is 5.41 Å². The van der Waals surface area contributed by atoms with E-state index in [-0.39, 0.29) is 57.5 Å². The molecule has 0 radical (unpaired) electrons. The first-order chi connectivity index (χ1) is 21.9.